The summed E-state index contributed by atoms with van der Waals surface area (Å²) < 4.78 is 23.5. The molecule has 8 nitrogen and oxygen atoms in total. The molecule has 0 saturated carbocycles. The Kier molecular flexibility index (Phi) is 5.05. The number of carbonyl (C=O) groups is 1. The lowest BCUT2D eigenvalue weighted by atomic mass is 9.96. The summed E-state index contributed by atoms with van der Waals surface area (Å²) in [6, 6.07) is 12.6. The zero-order valence-electron chi connectivity index (χ0n) is 17.2. The van der Waals surface area contributed by atoms with Gasteiger partial charge in [0, 0.05) is 22.0 Å². The fourth-order valence-electron chi connectivity index (χ4n) is 4.22. The van der Waals surface area contributed by atoms with E-state index in [0.717, 1.165) is 15.7 Å². The van der Waals surface area contributed by atoms with Gasteiger partial charge in [-0.15, -0.1) is 0 Å². The number of fused-ring (bicyclic) bond motifs is 3. The maximum Gasteiger partial charge on any atom is 0.340 e. The lowest BCUT2D eigenvalue weighted by Crippen LogP contribution is -2.34. The van der Waals surface area contributed by atoms with Crippen LogP contribution in [0.4, 0.5) is 0 Å². The second-order valence-corrected chi connectivity index (χ2v) is 8.26. The molecule has 0 bridgehead atoms. The van der Waals surface area contributed by atoms with Crippen molar-refractivity contribution in [2.24, 2.45) is 5.10 Å². The number of carboxylic acid groups (broad SMARTS) is 1. The largest absolute Gasteiger partial charge is 0.493 e. The molecule has 2 aliphatic heterocycles. The summed E-state index contributed by atoms with van der Waals surface area (Å²) in [5, 5.41) is 16.6. The molecule has 0 unspecified atom stereocenters. The molecule has 5 rings (SSSR count). The normalized spacial score (nSPS) is 19.0. The number of furan rings is 1. The minimum absolute atomic E-state index is 0.0298. The van der Waals surface area contributed by atoms with Crippen molar-refractivity contribution in [3.63, 3.8) is 0 Å². The van der Waals surface area contributed by atoms with E-state index < -0.39 is 12.2 Å². The van der Waals surface area contributed by atoms with E-state index in [1.165, 1.54) is 14.2 Å². The Bertz CT molecular complexity index is 1220. The first-order valence-electron chi connectivity index (χ1n) is 9.85. The molecule has 2 aromatic carbocycles. The minimum atomic E-state index is -1.15. The van der Waals surface area contributed by atoms with E-state index in [2.05, 4.69) is 15.9 Å². The van der Waals surface area contributed by atoms with Gasteiger partial charge in [-0.05, 0) is 42.5 Å². The van der Waals surface area contributed by atoms with Crippen LogP contribution in [0.2, 0.25) is 0 Å². The van der Waals surface area contributed by atoms with Gasteiger partial charge in [0.15, 0.2) is 11.5 Å². The Hall–Kier alpha value is -3.46. The zero-order valence-corrected chi connectivity index (χ0v) is 18.8. The van der Waals surface area contributed by atoms with Crippen molar-refractivity contribution < 1.29 is 28.5 Å². The second-order valence-electron chi connectivity index (χ2n) is 7.35. The number of hydrogen-bond acceptors (Lipinski definition) is 7. The van der Waals surface area contributed by atoms with E-state index in [1.807, 2.05) is 30.3 Å². The van der Waals surface area contributed by atoms with E-state index in [0.29, 0.717) is 29.2 Å². The summed E-state index contributed by atoms with van der Waals surface area (Å²) in [5.74, 6) is 0.647. The summed E-state index contributed by atoms with van der Waals surface area (Å²) in [4.78, 5) is 12.3. The average Bonchev–Trinajstić information content (AvgIpc) is 3.47. The van der Waals surface area contributed by atoms with Crippen LogP contribution in [0.25, 0.3) is 0 Å². The standard InChI is InChI=1S/C23H19BrN2O6/c1-29-19-8-6-13(20(23(27)28)21(19)30-2)22-26-16(11-15(25-26)18-4-3-9-31-18)14-10-12(24)5-7-17(14)32-22/h3-10,16,22H,11H2,1-2H3,(H,27,28)/t16-,22-/m0/s1. The van der Waals surface area contributed by atoms with E-state index in [4.69, 9.17) is 23.7 Å². The molecule has 3 aromatic rings. The molecule has 0 fully saturated rings. The molecule has 2 atom stereocenters. The van der Waals surface area contributed by atoms with Crippen LogP contribution in [0.15, 0.2) is 62.7 Å². The summed E-state index contributed by atoms with van der Waals surface area (Å²) >= 11 is 3.53. The molecule has 32 heavy (non-hydrogen) atoms. The van der Waals surface area contributed by atoms with Crippen molar-refractivity contribution in [2.75, 3.05) is 14.2 Å². The van der Waals surface area contributed by atoms with E-state index in [1.54, 1.807) is 23.4 Å². The van der Waals surface area contributed by atoms with Crippen molar-refractivity contribution in [1.82, 2.24) is 5.01 Å². The van der Waals surface area contributed by atoms with Gasteiger partial charge in [0.05, 0.1) is 26.5 Å². The molecule has 0 radical (unpaired) electrons. The van der Waals surface area contributed by atoms with Crippen molar-refractivity contribution in [2.45, 2.75) is 18.7 Å². The third kappa shape index (κ3) is 3.20. The predicted molar refractivity (Wildman–Crippen MR) is 118 cm³/mol. The van der Waals surface area contributed by atoms with Crippen LogP contribution in [0.1, 0.15) is 45.9 Å². The summed E-state index contributed by atoms with van der Waals surface area (Å²) in [7, 11) is 2.87. The number of hydrazone groups is 1. The quantitative estimate of drug-likeness (QED) is 0.528. The van der Waals surface area contributed by atoms with Crippen LogP contribution >= 0.6 is 15.9 Å². The Morgan fingerprint density at radius 2 is 2.03 bits per heavy atom. The maximum atomic E-state index is 12.3. The predicted octanol–water partition coefficient (Wildman–Crippen LogP) is 5.00. The summed E-state index contributed by atoms with van der Waals surface area (Å²) in [6.45, 7) is 0. The van der Waals surface area contributed by atoms with Gasteiger partial charge in [-0.2, -0.15) is 5.10 Å². The van der Waals surface area contributed by atoms with Crippen LogP contribution in [-0.2, 0) is 0 Å². The highest BCUT2D eigenvalue weighted by molar-refractivity contribution is 9.10. The maximum absolute atomic E-state index is 12.3. The Morgan fingerprint density at radius 3 is 2.72 bits per heavy atom. The molecule has 9 heteroatoms. The molecule has 164 valence electrons. The molecule has 0 aliphatic carbocycles. The molecule has 0 saturated heterocycles. The van der Waals surface area contributed by atoms with Gasteiger partial charge >= 0.3 is 5.97 Å². The molecular formula is C23H19BrN2O6. The molecule has 0 amide bonds. The van der Waals surface area contributed by atoms with E-state index in [9.17, 15) is 9.90 Å². The lowest BCUT2D eigenvalue weighted by molar-refractivity contribution is -0.0199. The van der Waals surface area contributed by atoms with Crippen LogP contribution in [0.5, 0.6) is 17.2 Å². The number of benzene rings is 2. The first kappa shape index (κ1) is 20.4. The molecular weight excluding hydrogens is 480 g/mol. The minimum Gasteiger partial charge on any atom is -0.493 e. The first-order valence-corrected chi connectivity index (χ1v) is 10.6. The summed E-state index contributed by atoms with van der Waals surface area (Å²) in [5.41, 5.74) is 2.10. The molecule has 1 N–H and O–H groups in total. The third-order valence-corrected chi connectivity index (χ3v) is 6.11. The number of nitrogens with zero attached hydrogens (tertiary/aromatic N) is 2. The van der Waals surface area contributed by atoms with Crippen LogP contribution in [0.3, 0.4) is 0 Å². The third-order valence-electron chi connectivity index (χ3n) is 5.62. The number of rotatable bonds is 5. The van der Waals surface area contributed by atoms with Crippen molar-refractivity contribution in [1.29, 1.82) is 0 Å². The molecule has 0 spiro atoms. The van der Waals surface area contributed by atoms with Crippen molar-refractivity contribution >= 4 is 27.6 Å². The van der Waals surface area contributed by atoms with Crippen molar-refractivity contribution in [3.05, 3.63) is 75.7 Å². The van der Waals surface area contributed by atoms with Gasteiger partial charge < -0.3 is 23.7 Å². The number of hydrogen-bond donors (Lipinski definition) is 1. The molecule has 2 aliphatic rings. The SMILES string of the molecule is COc1ccc([C@@H]2Oc3ccc(Br)cc3[C@@H]3CC(c4ccco4)=NN32)c(C(=O)O)c1OC. The highest BCUT2D eigenvalue weighted by atomic mass is 79.9. The van der Waals surface area contributed by atoms with Gasteiger partial charge in [0.25, 0.3) is 0 Å². The fraction of sp³-hybridized carbons (Fsp3) is 0.217. The number of aromatic carboxylic acids is 1. The fourth-order valence-corrected chi connectivity index (χ4v) is 4.60. The smallest absolute Gasteiger partial charge is 0.340 e. The number of halogens is 1. The van der Waals surface area contributed by atoms with Gasteiger partial charge in [-0.3, -0.25) is 0 Å². The van der Waals surface area contributed by atoms with Crippen LogP contribution in [-0.4, -0.2) is 36.0 Å². The van der Waals surface area contributed by atoms with Crippen LogP contribution < -0.4 is 14.2 Å². The topological polar surface area (TPSA) is 93.7 Å². The van der Waals surface area contributed by atoms with Crippen LogP contribution in [0, 0.1) is 0 Å². The summed E-state index contributed by atoms with van der Waals surface area (Å²) in [6.07, 6.45) is 1.41. The Balaban J connectivity index is 1.69. The average molecular weight is 499 g/mol. The van der Waals surface area contributed by atoms with Crippen molar-refractivity contribution in [3.8, 4) is 17.2 Å². The molecule has 1 aromatic heterocycles. The first-order chi connectivity index (χ1) is 15.5. The molecule has 3 heterocycles. The number of methoxy groups -OCH3 is 2. The highest BCUT2D eigenvalue weighted by Crippen LogP contribution is 2.50. The zero-order chi connectivity index (χ0) is 22.4. The van der Waals surface area contributed by atoms with E-state index >= 15 is 0 Å². The van der Waals surface area contributed by atoms with Gasteiger partial charge in [-0.1, -0.05) is 15.9 Å². The Morgan fingerprint density at radius 1 is 1.19 bits per heavy atom. The van der Waals surface area contributed by atoms with Gasteiger partial charge in [-0.25, -0.2) is 9.80 Å². The second kappa shape index (κ2) is 7.90. The van der Waals surface area contributed by atoms with E-state index in [-0.39, 0.29) is 17.4 Å². The van der Waals surface area contributed by atoms with Gasteiger partial charge in [0.1, 0.15) is 22.8 Å². The number of carboxylic acids is 1. The Labute approximate surface area is 192 Å². The number of ether oxygens (including phenoxy) is 3. The monoisotopic (exact) mass is 498 g/mol. The lowest BCUT2D eigenvalue weighted by Gasteiger charge is -2.38. The van der Waals surface area contributed by atoms with Gasteiger partial charge in [0.2, 0.25) is 6.23 Å². The highest BCUT2D eigenvalue weighted by Gasteiger charge is 2.43.